The molecule has 1 aromatic heterocycles. The van der Waals surface area contributed by atoms with Crippen molar-refractivity contribution in [2.24, 2.45) is 0 Å². The summed E-state index contributed by atoms with van der Waals surface area (Å²) < 4.78 is 0. The van der Waals surface area contributed by atoms with Gasteiger partial charge in [0.1, 0.15) is 10.0 Å². The smallest absolute Gasteiger partial charge is 0.131 e. The van der Waals surface area contributed by atoms with Crippen molar-refractivity contribution < 1.29 is 0 Å². The molecule has 0 atom stereocenters. The lowest BCUT2D eigenvalue weighted by Gasteiger charge is -2.04. The van der Waals surface area contributed by atoms with E-state index in [1.807, 2.05) is 0 Å². The van der Waals surface area contributed by atoms with E-state index in [1.54, 1.807) is 11.3 Å². The molecule has 1 heterocycles. The van der Waals surface area contributed by atoms with E-state index in [9.17, 15) is 0 Å². The Labute approximate surface area is 128 Å². The van der Waals surface area contributed by atoms with Crippen LogP contribution in [0.15, 0.2) is 42.5 Å². The fraction of sp³-hybridized carbons (Fsp3) is 0.294. The van der Waals surface area contributed by atoms with Gasteiger partial charge in [0.2, 0.25) is 0 Å². The molecule has 0 radical (unpaired) electrons. The van der Waals surface area contributed by atoms with Gasteiger partial charge in [-0.2, -0.15) is 0 Å². The molecule has 0 unspecified atom stereocenters. The fourth-order valence-electron chi connectivity index (χ4n) is 2.56. The van der Waals surface area contributed by atoms with Crippen LogP contribution in [0.2, 0.25) is 0 Å². The fourth-order valence-corrected chi connectivity index (χ4v) is 3.38. The monoisotopic (exact) mass is 295 g/mol. The molecule has 1 aliphatic carbocycles. The van der Waals surface area contributed by atoms with Crippen molar-refractivity contribution in [2.75, 3.05) is 0 Å². The molecule has 0 bridgehead atoms. The molecule has 0 saturated heterocycles. The Hall–Kier alpha value is -1.78. The Bertz CT molecular complexity index is 756. The Morgan fingerprint density at radius 1 is 1.00 bits per heavy atom. The average molecular weight is 295 g/mol. The van der Waals surface area contributed by atoms with Crippen molar-refractivity contribution in [3.8, 4) is 0 Å². The SMILES string of the molecule is c1ccc2c(Cc3nnc(CNC4CC4)s3)cccc2c1. The largest absolute Gasteiger partial charge is 0.308 e. The van der Waals surface area contributed by atoms with Crippen LogP contribution >= 0.6 is 11.3 Å². The minimum Gasteiger partial charge on any atom is -0.308 e. The summed E-state index contributed by atoms with van der Waals surface area (Å²) in [6.07, 6.45) is 3.48. The van der Waals surface area contributed by atoms with Crippen molar-refractivity contribution in [2.45, 2.75) is 31.8 Å². The molecular weight excluding hydrogens is 278 g/mol. The molecule has 4 heteroatoms. The van der Waals surface area contributed by atoms with Gasteiger partial charge in [0.05, 0.1) is 0 Å². The zero-order chi connectivity index (χ0) is 14.1. The summed E-state index contributed by atoms with van der Waals surface area (Å²) in [5.74, 6) is 0. The first-order valence-electron chi connectivity index (χ1n) is 7.40. The third kappa shape index (κ3) is 2.96. The van der Waals surface area contributed by atoms with E-state index in [-0.39, 0.29) is 0 Å². The topological polar surface area (TPSA) is 37.8 Å². The molecule has 3 aromatic rings. The standard InChI is InChI=1S/C17H17N3S/c1-2-7-15-12(4-1)5-3-6-13(15)10-16-19-20-17(21-16)11-18-14-8-9-14/h1-7,14,18H,8-11H2. The number of hydrogen-bond acceptors (Lipinski definition) is 4. The van der Waals surface area contributed by atoms with Gasteiger partial charge >= 0.3 is 0 Å². The van der Waals surface area contributed by atoms with Gasteiger partial charge in [-0.1, -0.05) is 53.8 Å². The normalized spacial score (nSPS) is 14.7. The van der Waals surface area contributed by atoms with Gasteiger partial charge in [-0.3, -0.25) is 0 Å². The van der Waals surface area contributed by atoms with Gasteiger partial charge in [-0.25, -0.2) is 0 Å². The summed E-state index contributed by atoms with van der Waals surface area (Å²) >= 11 is 1.72. The number of hydrogen-bond donors (Lipinski definition) is 1. The van der Waals surface area contributed by atoms with Crippen LogP contribution < -0.4 is 5.32 Å². The number of aromatic nitrogens is 2. The number of nitrogens with one attached hydrogen (secondary N) is 1. The Morgan fingerprint density at radius 2 is 1.81 bits per heavy atom. The first-order valence-corrected chi connectivity index (χ1v) is 8.21. The van der Waals surface area contributed by atoms with Crippen molar-refractivity contribution >= 4 is 22.1 Å². The maximum Gasteiger partial charge on any atom is 0.131 e. The number of nitrogens with zero attached hydrogens (tertiary/aromatic N) is 2. The lowest BCUT2D eigenvalue weighted by atomic mass is 10.0. The van der Waals surface area contributed by atoms with Crippen LogP contribution in [-0.4, -0.2) is 16.2 Å². The van der Waals surface area contributed by atoms with Gasteiger partial charge in [0.15, 0.2) is 0 Å². The molecule has 2 aromatic carbocycles. The summed E-state index contributed by atoms with van der Waals surface area (Å²) in [7, 11) is 0. The first kappa shape index (κ1) is 12.9. The lowest BCUT2D eigenvalue weighted by molar-refractivity contribution is 0.678. The molecular formula is C17H17N3S. The van der Waals surface area contributed by atoms with Crippen molar-refractivity contribution in [3.63, 3.8) is 0 Å². The molecule has 1 saturated carbocycles. The van der Waals surface area contributed by atoms with E-state index in [1.165, 1.54) is 29.2 Å². The average Bonchev–Trinajstić information content (AvgIpc) is 3.25. The van der Waals surface area contributed by atoms with Crippen LogP contribution in [0.1, 0.15) is 28.4 Å². The predicted molar refractivity (Wildman–Crippen MR) is 86.5 cm³/mol. The van der Waals surface area contributed by atoms with Gasteiger partial charge in [0.25, 0.3) is 0 Å². The summed E-state index contributed by atoms with van der Waals surface area (Å²) in [5.41, 5.74) is 1.32. The van der Waals surface area contributed by atoms with Crippen molar-refractivity contribution in [3.05, 3.63) is 58.0 Å². The molecule has 106 valence electrons. The van der Waals surface area contributed by atoms with E-state index >= 15 is 0 Å². The van der Waals surface area contributed by atoms with Crippen LogP contribution in [0.3, 0.4) is 0 Å². The van der Waals surface area contributed by atoms with E-state index in [0.717, 1.165) is 29.0 Å². The van der Waals surface area contributed by atoms with Crippen molar-refractivity contribution in [1.82, 2.24) is 15.5 Å². The number of fused-ring (bicyclic) bond motifs is 1. The summed E-state index contributed by atoms with van der Waals surface area (Å²) in [6.45, 7) is 0.859. The maximum atomic E-state index is 4.35. The van der Waals surface area contributed by atoms with Crippen LogP contribution in [0.25, 0.3) is 10.8 Å². The molecule has 1 N–H and O–H groups in total. The zero-order valence-corrected chi connectivity index (χ0v) is 12.6. The van der Waals surface area contributed by atoms with Crippen LogP contribution in [-0.2, 0) is 13.0 Å². The summed E-state index contributed by atoms with van der Waals surface area (Å²) in [4.78, 5) is 0. The highest BCUT2D eigenvalue weighted by molar-refractivity contribution is 7.11. The van der Waals surface area contributed by atoms with Gasteiger partial charge in [0, 0.05) is 19.0 Å². The van der Waals surface area contributed by atoms with Crippen LogP contribution in [0.4, 0.5) is 0 Å². The molecule has 1 aliphatic rings. The molecule has 3 nitrogen and oxygen atoms in total. The summed E-state index contributed by atoms with van der Waals surface area (Å²) in [5, 5.41) is 16.9. The van der Waals surface area contributed by atoms with E-state index in [2.05, 4.69) is 58.0 Å². The highest BCUT2D eigenvalue weighted by atomic mass is 32.1. The number of benzene rings is 2. The predicted octanol–water partition coefficient (Wildman–Crippen LogP) is 3.53. The molecule has 0 aliphatic heterocycles. The Balaban J connectivity index is 1.53. The molecule has 4 rings (SSSR count). The maximum absolute atomic E-state index is 4.35. The van der Waals surface area contributed by atoms with E-state index < -0.39 is 0 Å². The second-order valence-electron chi connectivity index (χ2n) is 5.56. The minimum absolute atomic E-state index is 0.718. The van der Waals surface area contributed by atoms with Gasteiger partial charge in [-0.15, -0.1) is 10.2 Å². The summed E-state index contributed by atoms with van der Waals surface area (Å²) in [6, 6.07) is 15.7. The van der Waals surface area contributed by atoms with Gasteiger partial charge in [-0.05, 0) is 29.2 Å². The lowest BCUT2D eigenvalue weighted by Crippen LogP contribution is -2.14. The van der Waals surface area contributed by atoms with E-state index in [4.69, 9.17) is 0 Å². The Kier molecular flexibility index (Phi) is 3.41. The molecule has 0 amide bonds. The Morgan fingerprint density at radius 3 is 2.71 bits per heavy atom. The molecule has 0 spiro atoms. The van der Waals surface area contributed by atoms with Crippen LogP contribution in [0, 0.1) is 0 Å². The zero-order valence-electron chi connectivity index (χ0n) is 11.7. The first-order chi connectivity index (χ1) is 10.4. The quantitative estimate of drug-likeness (QED) is 0.782. The minimum atomic E-state index is 0.718. The third-order valence-corrected chi connectivity index (χ3v) is 4.77. The molecule has 1 fully saturated rings. The highest BCUT2D eigenvalue weighted by Gasteiger charge is 2.20. The second kappa shape index (κ2) is 5.54. The van der Waals surface area contributed by atoms with E-state index in [0.29, 0.717) is 0 Å². The molecule has 21 heavy (non-hydrogen) atoms. The van der Waals surface area contributed by atoms with Crippen molar-refractivity contribution in [1.29, 1.82) is 0 Å². The second-order valence-corrected chi connectivity index (χ2v) is 6.71. The van der Waals surface area contributed by atoms with Gasteiger partial charge < -0.3 is 5.32 Å². The van der Waals surface area contributed by atoms with Crippen LogP contribution in [0.5, 0.6) is 0 Å². The number of rotatable bonds is 5. The third-order valence-electron chi connectivity index (χ3n) is 3.85. The highest BCUT2D eigenvalue weighted by Crippen LogP contribution is 2.23.